The minimum Gasteiger partial charge on any atom is -0.493 e. The van der Waals surface area contributed by atoms with Crippen LogP contribution in [0, 0.1) is 0 Å². The highest BCUT2D eigenvalue weighted by atomic mass is 16.5. The van der Waals surface area contributed by atoms with E-state index in [0.717, 1.165) is 56.3 Å². The van der Waals surface area contributed by atoms with Crippen molar-refractivity contribution in [3.8, 4) is 28.7 Å². The van der Waals surface area contributed by atoms with E-state index < -0.39 is 0 Å². The molecule has 0 radical (unpaired) electrons. The molecule has 3 aromatic carbocycles. The van der Waals surface area contributed by atoms with Gasteiger partial charge in [-0.2, -0.15) is 0 Å². The number of hydrogen-bond acceptors (Lipinski definition) is 6. The normalized spacial score (nSPS) is 14.6. The summed E-state index contributed by atoms with van der Waals surface area (Å²) in [6.45, 7) is 5.84. The lowest BCUT2D eigenvalue weighted by Crippen LogP contribution is -2.45. The molecule has 3 aromatic rings. The predicted octanol–water partition coefficient (Wildman–Crippen LogP) is 4.82. The molecule has 4 rings (SSSR count). The van der Waals surface area contributed by atoms with Crippen LogP contribution < -0.4 is 18.9 Å². The molecule has 0 unspecified atom stereocenters. The van der Waals surface area contributed by atoms with Crippen LogP contribution in [0.5, 0.6) is 28.7 Å². The molecule has 1 heterocycles. The van der Waals surface area contributed by atoms with E-state index in [1.54, 1.807) is 21.3 Å². The molecule has 0 saturated carbocycles. The van der Waals surface area contributed by atoms with Crippen molar-refractivity contribution in [3.63, 3.8) is 0 Å². The predicted molar refractivity (Wildman–Crippen MR) is 130 cm³/mol. The first-order chi connectivity index (χ1) is 16.2. The molecule has 0 spiro atoms. The zero-order chi connectivity index (χ0) is 23.0. The molecular weight excluding hydrogens is 416 g/mol. The highest BCUT2D eigenvalue weighted by Gasteiger charge is 2.19. The molecule has 0 amide bonds. The van der Waals surface area contributed by atoms with E-state index in [1.807, 2.05) is 48.5 Å². The molecule has 0 atom stereocenters. The Bertz CT molecular complexity index is 1010. The van der Waals surface area contributed by atoms with Gasteiger partial charge in [-0.1, -0.05) is 30.3 Å². The lowest BCUT2D eigenvalue weighted by Gasteiger charge is -2.35. The Labute approximate surface area is 196 Å². The minimum absolute atomic E-state index is 0.632. The summed E-state index contributed by atoms with van der Waals surface area (Å²) in [6, 6.07) is 22.3. The fraction of sp³-hybridized carbons (Fsp3) is 0.333. The molecular formula is C27H32N2O4. The lowest BCUT2D eigenvalue weighted by atomic mass is 10.1. The Kier molecular flexibility index (Phi) is 7.70. The minimum atomic E-state index is 0.632. The lowest BCUT2D eigenvalue weighted by molar-refractivity contribution is 0.122. The van der Waals surface area contributed by atoms with Crippen molar-refractivity contribution in [3.05, 3.63) is 77.9 Å². The maximum Gasteiger partial charge on any atom is 0.203 e. The third-order valence-corrected chi connectivity index (χ3v) is 5.88. The molecule has 0 N–H and O–H groups in total. The fourth-order valence-corrected chi connectivity index (χ4v) is 4.18. The van der Waals surface area contributed by atoms with Crippen LogP contribution in [-0.4, -0.2) is 57.3 Å². The van der Waals surface area contributed by atoms with Crippen LogP contribution in [0.4, 0.5) is 0 Å². The summed E-state index contributed by atoms with van der Waals surface area (Å²) in [6.07, 6.45) is 0. The third-order valence-electron chi connectivity index (χ3n) is 5.88. The quantitative estimate of drug-likeness (QED) is 0.468. The molecule has 1 aliphatic rings. The monoisotopic (exact) mass is 448 g/mol. The van der Waals surface area contributed by atoms with Gasteiger partial charge >= 0.3 is 0 Å². The van der Waals surface area contributed by atoms with Gasteiger partial charge in [-0.3, -0.25) is 9.80 Å². The van der Waals surface area contributed by atoms with Gasteiger partial charge in [0, 0.05) is 39.3 Å². The highest BCUT2D eigenvalue weighted by Crippen LogP contribution is 2.38. The molecule has 1 saturated heterocycles. The first kappa shape index (κ1) is 23.0. The summed E-state index contributed by atoms with van der Waals surface area (Å²) >= 11 is 0. The maximum atomic E-state index is 5.99. The van der Waals surface area contributed by atoms with Gasteiger partial charge < -0.3 is 18.9 Å². The highest BCUT2D eigenvalue weighted by molar-refractivity contribution is 5.53. The van der Waals surface area contributed by atoms with Crippen LogP contribution in [0.1, 0.15) is 11.1 Å². The van der Waals surface area contributed by atoms with Gasteiger partial charge in [-0.05, 0) is 47.5 Å². The summed E-state index contributed by atoms with van der Waals surface area (Å²) in [5.74, 6) is 3.76. The molecule has 33 heavy (non-hydrogen) atoms. The molecule has 0 aromatic heterocycles. The first-order valence-corrected chi connectivity index (χ1v) is 11.2. The number of para-hydroxylation sites is 1. The number of methoxy groups -OCH3 is 3. The number of benzene rings is 3. The van der Waals surface area contributed by atoms with Gasteiger partial charge in [0.15, 0.2) is 11.5 Å². The Hall–Kier alpha value is -3.22. The number of rotatable bonds is 9. The molecule has 6 heteroatoms. The van der Waals surface area contributed by atoms with Crippen molar-refractivity contribution < 1.29 is 18.9 Å². The fourth-order valence-electron chi connectivity index (χ4n) is 4.18. The second-order valence-corrected chi connectivity index (χ2v) is 8.15. The van der Waals surface area contributed by atoms with Crippen molar-refractivity contribution in [2.24, 2.45) is 0 Å². The largest absolute Gasteiger partial charge is 0.493 e. The van der Waals surface area contributed by atoms with Crippen LogP contribution in [0.3, 0.4) is 0 Å². The van der Waals surface area contributed by atoms with E-state index in [2.05, 4.69) is 28.0 Å². The van der Waals surface area contributed by atoms with Crippen molar-refractivity contribution in [1.29, 1.82) is 0 Å². The number of ether oxygens (including phenoxy) is 4. The number of hydrogen-bond donors (Lipinski definition) is 0. The van der Waals surface area contributed by atoms with Crippen molar-refractivity contribution in [1.82, 2.24) is 9.80 Å². The third kappa shape index (κ3) is 5.97. The number of piperazine rings is 1. The first-order valence-electron chi connectivity index (χ1n) is 11.2. The van der Waals surface area contributed by atoms with E-state index in [0.29, 0.717) is 17.2 Å². The van der Waals surface area contributed by atoms with E-state index >= 15 is 0 Å². The second kappa shape index (κ2) is 11.1. The molecule has 6 nitrogen and oxygen atoms in total. The van der Waals surface area contributed by atoms with Crippen LogP contribution in [0.2, 0.25) is 0 Å². The Morgan fingerprint density at radius 3 is 1.76 bits per heavy atom. The summed E-state index contributed by atoms with van der Waals surface area (Å²) < 4.78 is 22.4. The summed E-state index contributed by atoms with van der Waals surface area (Å²) in [7, 11) is 4.93. The Balaban J connectivity index is 1.32. The second-order valence-electron chi connectivity index (χ2n) is 8.15. The van der Waals surface area contributed by atoms with Crippen LogP contribution in [0.15, 0.2) is 66.7 Å². The smallest absolute Gasteiger partial charge is 0.203 e. The van der Waals surface area contributed by atoms with Gasteiger partial charge in [-0.25, -0.2) is 0 Å². The SMILES string of the molecule is COc1cc(CN2CCN(Cc3cccc(Oc4ccccc4)c3)CC2)cc(OC)c1OC. The summed E-state index contributed by atoms with van der Waals surface area (Å²) in [5, 5.41) is 0. The molecule has 1 fully saturated rings. The standard InChI is InChI=1S/C27H32N2O4/c1-30-25-17-22(18-26(31-2)27(25)32-3)20-29-14-12-28(13-15-29)19-21-8-7-11-24(16-21)33-23-9-5-4-6-10-23/h4-11,16-18H,12-15,19-20H2,1-3H3. The summed E-state index contributed by atoms with van der Waals surface area (Å²) in [4.78, 5) is 4.96. The average molecular weight is 449 g/mol. The van der Waals surface area contributed by atoms with Gasteiger partial charge in [-0.15, -0.1) is 0 Å². The number of nitrogens with zero attached hydrogens (tertiary/aromatic N) is 2. The van der Waals surface area contributed by atoms with Gasteiger partial charge in [0.1, 0.15) is 11.5 Å². The average Bonchev–Trinajstić information content (AvgIpc) is 2.85. The van der Waals surface area contributed by atoms with Crippen LogP contribution in [0.25, 0.3) is 0 Å². The van der Waals surface area contributed by atoms with E-state index in [4.69, 9.17) is 18.9 Å². The zero-order valence-corrected chi connectivity index (χ0v) is 19.6. The van der Waals surface area contributed by atoms with E-state index in [9.17, 15) is 0 Å². The summed E-state index contributed by atoms with van der Waals surface area (Å²) in [5.41, 5.74) is 2.42. The van der Waals surface area contributed by atoms with Crippen molar-refractivity contribution >= 4 is 0 Å². The Morgan fingerprint density at radius 1 is 0.606 bits per heavy atom. The van der Waals surface area contributed by atoms with Crippen LogP contribution in [-0.2, 0) is 13.1 Å². The molecule has 0 aliphatic carbocycles. The van der Waals surface area contributed by atoms with Gasteiger partial charge in [0.05, 0.1) is 21.3 Å². The molecule has 174 valence electrons. The van der Waals surface area contributed by atoms with Crippen molar-refractivity contribution in [2.75, 3.05) is 47.5 Å². The topological polar surface area (TPSA) is 43.4 Å². The molecule has 1 aliphatic heterocycles. The molecule has 0 bridgehead atoms. The Morgan fingerprint density at radius 2 is 1.18 bits per heavy atom. The zero-order valence-electron chi connectivity index (χ0n) is 19.6. The van der Waals surface area contributed by atoms with Gasteiger partial charge in [0.25, 0.3) is 0 Å². The van der Waals surface area contributed by atoms with Crippen LogP contribution >= 0.6 is 0 Å². The van der Waals surface area contributed by atoms with E-state index in [1.165, 1.54) is 5.56 Å². The van der Waals surface area contributed by atoms with Gasteiger partial charge in [0.2, 0.25) is 5.75 Å². The maximum absolute atomic E-state index is 5.99. The van der Waals surface area contributed by atoms with E-state index in [-0.39, 0.29) is 0 Å². The van der Waals surface area contributed by atoms with Crippen molar-refractivity contribution in [2.45, 2.75) is 13.1 Å².